The third kappa shape index (κ3) is 1.78. The lowest BCUT2D eigenvalue weighted by Crippen LogP contribution is -2.09. The molecule has 2 aromatic heterocycles. The van der Waals surface area contributed by atoms with Crippen LogP contribution in [0.1, 0.15) is 5.82 Å². The number of H-pyrrole nitrogens is 1. The number of aromatic amines is 1. The zero-order valence-electron chi connectivity index (χ0n) is 9.84. The third-order valence-corrected chi connectivity index (χ3v) is 2.79. The first-order valence-corrected chi connectivity index (χ1v) is 5.66. The van der Waals surface area contributed by atoms with Crippen molar-refractivity contribution in [3.8, 4) is 11.3 Å². The fourth-order valence-electron chi connectivity index (χ4n) is 1.95. The molecular weight excluding hydrogens is 226 g/mol. The van der Waals surface area contributed by atoms with E-state index in [1.165, 1.54) is 0 Å². The molecule has 4 nitrogen and oxygen atoms in total. The summed E-state index contributed by atoms with van der Waals surface area (Å²) in [5.41, 5.74) is 2.42. The lowest BCUT2D eigenvalue weighted by Gasteiger charge is -2.03. The maximum atomic E-state index is 11.7. The zero-order valence-corrected chi connectivity index (χ0v) is 9.84. The summed E-state index contributed by atoms with van der Waals surface area (Å²) >= 11 is 0. The first-order chi connectivity index (χ1) is 8.74. The van der Waals surface area contributed by atoms with Crippen LogP contribution in [0.2, 0.25) is 0 Å². The van der Waals surface area contributed by atoms with Crippen LogP contribution >= 0.6 is 0 Å². The summed E-state index contributed by atoms with van der Waals surface area (Å²) in [6.07, 6.45) is 1.75. The summed E-state index contributed by atoms with van der Waals surface area (Å²) in [7, 11) is 0. The number of nitrogens with zero attached hydrogens (tertiary/aromatic N) is 2. The second-order valence-corrected chi connectivity index (χ2v) is 4.10. The van der Waals surface area contributed by atoms with E-state index in [0.717, 1.165) is 11.3 Å². The van der Waals surface area contributed by atoms with Crippen LogP contribution in [0.25, 0.3) is 22.2 Å². The second-order valence-electron chi connectivity index (χ2n) is 4.10. The molecule has 0 aliphatic rings. The van der Waals surface area contributed by atoms with Gasteiger partial charge in [-0.2, -0.15) is 0 Å². The summed E-state index contributed by atoms with van der Waals surface area (Å²) in [4.78, 5) is 23.1. The van der Waals surface area contributed by atoms with Gasteiger partial charge in [0, 0.05) is 11.8 Å². The van der Waals surface area contributed by atoms with Crippen LogP contribution in [0, 0.1) is 6.92 Å². The maximum absolute atomic E-state index is 11.7. The highest BCUT2D eigenvalue weighted by Gasteiger charge is 2.04. The molecule has 1 N–H and O–H groups in total. The predicted molar refractivity (Wildman–Crippen MR) is 70.3 cm³/mol. The van der Waals surface area contributed by atoms with Crippen molar-refractivity contribution < 1.29 is 0 Å². The highest BCUT2D eigenvalue weighted by Crippen LogP contribution is 2.19. The molecule has 0 spiro atoms. The van der Waals surface area contributed by atoms with Crippen LogP contribution in [0.3, 0.4) is 0 Å². The van der Waals surface area contributed by atoms with Crippen molar-refractivity contribution >= 4 is 10.9 Å². The van der Waals surface area contributed by atoms with E-state index in [0.29, 0.717) is 16.7 Å². The van der Waals surface area contributed by atoms with Gasteiger partial charge in [-0.3, -0.25) is 9.78 Å². The van der Waals surface area contributed by atoms with E-state index >= 15 is 0 Å². The van der Waals surface area contributed by atoms with Crippen LogP contribution < -0.4 is 5.56 Å². The second kappa shape index (κ2) is 4.07. The third-order valence-electron chi connectivity index (χ3n) is 2.79. The summed E-state index contributed by atoms with van der Waals surface area (Å²) in [6, 6.07) is 11.3. The van der Waals surface area contributed by atoms with Crippen LogP contribution in [-0.2, 0) is 0 Å². The molecule has 0 saturated carbocycles. The average molecular weight is 237 g/mol. The summed E-state index contributed by atoms with van der Waals surface area (Å²) in [6.45, 7) is 1.77. The zero-order chi connectivity index (χ0) is 12.5. The van der Waals surface area contributed by atoms with Crippen LogP contribution in [0.4, 0.5) is 0 Å². The smallest absolute Gasteiger partial charge is 0.258 e. The van der Waals surface area contributed by atoms with Gasteiger partial charge < -0.3 is 4.98 Å². The van der Waals surface area contributed by atoms with Gasteiger partial charge in [-0.15, -0.1) is 0 Å². The van der Waals surface area contributed by atoms with E-state index in [2.05, 4.69) is 15.0 Å². The number of aryl methyl sites for hydroxylation is 1. The molecule has 0 saturated heterocycles. The van der Waals surface area contributed by atoms with Crippen molar-refractivity contribution in [1.29, 1.82) is 0 Å². The Bertz CT molecular complexity index is 763. The van der Waals surface area contributed by atoms with Gasteiger partial charge in [-0.1, -0.05) is 12.1 Å². The molecule has 2 heterocycles. The molecule has 3 rings (SSSR count). The van der Waals surface area contributed by atoms with Crippen LogP contribution in [0.5, 0.6) is 0 Å². The Kier molecular flexibility index (Phi) is 2.41. The van der Waals surface area contributed by atoms with Crippen molar-refractivity contribution in [3.05, 3.63) is 58.8 Å². The van der Waals surface area contributed by atoms with E-state index < -0.39 is 0 Å². The van der Waals surface area contributed by atoms with Gasteiger partial charge in [-0.25, -0.2) is 4.98 Å². The monoisotopic (exact) mass is 237 g/mol. The first-order valence-electron chi connectivity index (χ1n) is 5.66. The molecule has 18 heavy (non-hydrogen) atoms. The number of hydrogen-bond acceptors (Lipinski definition) is 3. The molecule has 0 fully saturated rings. The summed E-state index contributed by atoms with van der Waals surface area (Å²) in [5, 5.41) is 0.597. The van der Waals surface area contributed by atoms with Gasteiger partial charge in [-0.05, 0) is 31.2 Å². The molecule has 0 aliphatic heterocycles. The molecule has 0 amide bonds. The average Bonchev–Trinajstić information content (AvgIpc) is 2.39. The Balaban J connectivity index is 2.26. The van der Waals surface area contributed by atoms with Gasteiger partial charge in [0.2, 0.25) is 0 Å². The van der Waals surface area contributed by atoms with E-state index in [-0.39, 0.29) is 5.56 Å². The van der Waals surface area contributed by atoms with Crippen molar-refractivity contribution in [1.82, 2.24) is 15.0 Å². The number of benzene rings is 1. The number of pyridine rings is 1. The first kappa shape index (κ1) is 10.7. The van der Waals surface area contributed by atoms with E-state index in [1.54, 1.807) is 19.2 Å². The lowest BCUT2D eigenvalue weighted by molar-refractivity contribution is 1.06. The number of nitrogens with one attached hydrogen (secondary N) is 1. The standard InChI is InChI=1S/C14H11N3O/c1-9-16-13-8-10(12-4-2-3-7-15-12)5-6-11(13)14(18)17-9/h2-8H,1H3,(H,16,17,18). The van der Waals surface area contributed by atoms with Gasteiger partial charge >= 0.3 is 0 Å². The Hall–Kier alpha value is -2.49. The molecule has 0 aliphatic carbocycles. The normalized spacial score (nSPS) is 10.7. The number of hydrogen-bond donors (Lipinski definition) is 1. The minimum Gasteiger partial charge on any atom is -0.310 e. The Morgan fingerprint density at radius 1 is 1.17 bits per heavy atom. The number of fused-ring (bicyclic) bond motifs is 1. The highest BCUT2D eigenvalue weighted by molar-refractivity contribution is 5.82. The lowest BCUT2D eigenvalue weighted by atomic mass is 10.1. The number of rotatable bonds is 1. The molecule has 0 unspecified atom stereocenters. The van der Waals surface area contributed by atoms with Crippen molar-refractivity contribution in [2.75, 3.05) is 0 Å². The largest absolute Gasteiger partial charge is 0.310 e. The highest BCUT2D eigenvalue weighted by atomic mass is 16.1. The predicted octanol–water partition coefficient (Wildman–Crippen LogP) is 2.29. The Labute approximate surface area is 103 Å². The van der Waals surface area contributed by atoms with Gasteiger partial charge in [0.05, 0.1) is 16.6 Å². The van der Waals surface area contributed by atoms with E-state index in [4.69, 9.17) is 0 Å². The minimum absolute atomic E-state index is 0.106. The van der Waals surface area contributed by atoms with E-state index in [1.807, 2.05) is 30.3 Å². The molecule has 1 aromatic carbocycles. The van der Waals surface area contributed by atoms with Crippen molar-refractivity contribution in [2.24, 2.45) is 0 Å². The quantitative estimate of drug-likeness (QED) is 0.706. The van der Waals surface area contributed by atoms with Crippen molar-refractivity contribution in [3.63, 3.8) is 0 Å². The molecule has 88 valence electrons. The van der Waals surface area contributed by atoms with Gasteiger partial charge in [0.25, 0.3) is 5.56 Å². The fraction of sp³-hybridized carbons (Fsp3) is 0.0714. The molecule has 0 atom stereocenters. The van der Waals surface area contributed by atoms with Crippen LogP contribution in [-0.4, -0.2) is 15.0 Å². The maximum Gasteiger partial charge on any atom is 0.258 e. The Morgan fingerprint density at radius 2 is 2.06 bits per heavy atom. The van der Waals surface area contributed by atoms with Crippen LogP contribution in [0.15, 0.2) is 47.4 Å². The van der Waals surface area contributed by atoms with Gasteiger partial charge in [0.1, 0.15) is 5.82 Å². The summed E-state index contributed by atoms with van der Waals surface area (Å²) in [5.74, 6) is 0.616. The molecular formula is C14H11N3O. The minimum atomic E-state index is -0.106. The number of aromatic nitrogens is 3. The SMILES string of the molecule is Cc1nc2cc(-c3ccccn3)ccc2c(=O)[nH]1. The summed E-state index contributed by atoms with van der Waals surface area (Å²) < 4.78 is 0. The molecule has 0 bridgehead atoms. The molecule has 3 aromatic rings. The Morgan fingerprint density at radius 3 is 2.83 bits per heavy atom. The topological polar surface area (TPSA) is 58.6 Å². The molecule has 4 heteroatoms. The van der Waals surface area contributed by atoms with E-state index in [9.17, 15) is 4.79 Å². The van der Waals surface area contributed by atoms with Gasteiger partial charge in [0.15, 0.2) is 0 Å². The fourth-order valence-corrected chi connectivity index (χ4v) is 1.95. The van der Waals surface area contributed by atoms with Crippen molar-refractivity contribution in [2.45, 2.75) is 6.92 Å². The molecule has 0 radical (unpaired) electrons.